The van der Waals surface area contributed by atoms with Crippen LogP contribution in [0.1, 0.15) is 6.92 Å². The number of esters is 1. The van der Waals surface area contributed by atoms with Gasteiger partial charge in [-0.1, -0.05) is 23.7 Å². The van der Waals surface area contributed by atoms with Gasteiger partial charge >= 0.3 is 12.0 Å². The van der Waals surface area contributed by atoms with E-state index in [9.17, 15) is 9.59 Å². The van der Waals surface area contributed by atoms with E-state index in [2.05, 4.69) is 15.4 Å². The van der Waals surface area contributed by atoms with E-state index in [1.807, 2.05) is 0 Å². The van der Waals surface area contributed by atoms with Crippen molar-refractivity contribution < 1.29 is 14.3 Å². The maximum Gasteiger partial charge on any atom is 0.328 e. The molecule has 0 radical (unpaired) electrons. The number of anilines is 1. The van der Waals surface area contributed by atoms with Gasteiger partial charge in [0.15, 0.2) is 0 Å². The third-order valence-corrected chi connectivity index (χ3v) is 2.35. The number of para-hydroxylation sites is 1. The molecule has 0 heterocycles. The number of ether oxygens (including phenoxy) is 1. The summed E-state index contributed by atoms with van der Waals surface area (Å²) in [5.41, 5.74) is 0.476. The molecular weight excluding hydrogens is 244 g/mol. The smallest absolute Gasteiger partial charge is 0.328 e. The van der Waals surface area contributed by atoms with Crippen LogP contribution in [-0.4, -0.2) is 25.2 Å². The number of urea groups is 1. The number of benzene rings is 1. The molecule has 5 nitrogen and oxygen atoms in total. The standard InChI is InChI=1S/C11H13ClN2O3/c1-7(10(15)17-2)13-11(16)14-9-6-4-3-5-8(9)12/h3-7H,1-2H3,(H2,13,14,16). The molecule has 0 saturated carbocycles. The first-order valence-corrected chi connectivity index (χ1v) is 5.32. The molecule has 17 heavy (non-hydrogen) atoms. The van der Waals surface area contributed by atoms with Crippen LogP contribution in [0.4, 0.5) is 10.5 Å². The lowest BCUT2D eigenvalue weighted by Gasteiger charge is -2.13. The van der Waals surface area contributed by atoms with Gasteiger partial charge in [0, 0.05) is 0 Å². The summed E-state index contributed by atoms with van der Waals surface area (Å²) in [5.74, 6) is -0.515. The van der Waals surface area contributed by atoms with Crippen LogP contribution in [0.25, 0.3) is 0 Å². The molecule has 6 heteroatoms. The molecule has 0 bridgehead atoms. The highest BCUT2D eigenvalue weighted by Gasteiger charge is 2.15. The van der Waals surface area contributed by atoms with Crippen molar-refractivity contribution >= 4 is 29.3 Å². The fraction of sp³-hybridized carbons (Fsp3) is 0.273. The van der Waals surface area contributed by atoms with E-state index in [-0.39, 0.29) is 0 Å². The number of carbonyl (C=O) groups is 2. The number of rotatable bonds is 3. The van der Waals surface area contributed by atoms with E-state index < -0.39 is 18.0 Å². The molecule has 0 aliphatic heterocycles. The van der Waals surface area contributed by atoms with Gasteiger partial charge in [-0.2, -0.15) is 0 Å². The Kier molecular flexibility index (Phi) is 4.78. The highest BCUT2D eigenvalue weighted by atomic mass is 35.5. The van der Waals surface area contributed by atoms with Crippen LogP contribution < -0.4 is 10.6 Å². The number of methoxy groups -OCH3 is 1. The molecule has 1 aromatic carbocycles. The molecule has 0 saturated heterocycles. The fourth-order valence-corrected chi connectivity index (χ4v) is 1.34. The lowest BCUT2D eigenvalue weighted by molar-refractivity contribution is -0.142. The van der Waals surface area contributed by atoms with Crippen molar-refractivity contribution in [2.75, 3.05) is 12.4 Å². The van der Waals surface area contributed by atoms with E-state index in [1.165, 1.54) is 14.0 Å². The van der Waals surface area contributed by atoms with Gasteiger partial charge in [0.25, 0.3) is 0 Å². The Hall–Kier alpha value is -1.75. The van der Waals surface area contributed by atoms with Crippen molar-refractivity contribution in [3.8, 4) is 0 Å². The highest BCUT2D eigenvalue weighted by Crippen LogP contribution is 2.19. The maximum atomic E-state index is 11.5. The third-order valence-electron chi connectivity index (χ3n) is 2.02. The van der Waals surface area contributed by atoms with Crippen LogP contribution in [0.3, 0.4) is 0 Å². The van der Waals surface area contributed by atoms with Crippen LogP contribution in [0, 0.1) is 0 Å². The molecule has 0 fully saturated rings. The second-order valence-electron chi connectivity index (χ2n) is 3.32. The van der Waals surface area contributed by atoms with Crippen LogP contribution >= 0.6 is 11.6 Å². The Morgan fingerprint density at radius 2 is 2.00 bits per heavy atom. The van der Waals surface area contributed by atoms with Gasteiger partial charge in [-0.15, -0.1) is 0 Å². The molecule has 1 atom stereocenters. The van der Waals surface area contributed by atoms with Gasteiger partial charge in [-0.25, -0.2) is 9.59 Å². The normalized spacial score (nSPS) is 11.5. The number of amides is 2. The lowest BCUT2D eigenvalue weighted by atomic mass is 10.3. The van der Waals surface area contributed by atoms with Crippen LogP contribution in [-0.2, 0) is 9.53 Å². The second kappa shape index (κ2) is 6.10. The summed E-state index contributed by atoms with van der Waals surface area (Å²) in [7, 11) is 1.26. The summed E-state index contributed by atoms with van der Waals surface area (Å²) in [4.78, 5) is 22.6. The summed E-state index contributed by atoms with van der Waals surface area (Å²) in [6.07, 6.45) is 0. The van der Waals surface area contributed by atoms with Gasteiger partial charge in [-0.05, 0) is 19.1 Å². The molecule has 1 unspecified atom stereocenters. The van der Waals surface area contributed by atoms with E-state index in [1.54, 1.807) is 24.3 Å². The quantitative estimate of drug-likeness (QED) is 0.813. The van der Waals surface area contributed by atoms with Gasteiger partial charge in [0.2, 0.25) is 0 Å². The average molecular weight is 257 g/mol. The largest absolute Gasteiger partial charge is 0.467 e. The topological polar surface area (TPSA) is 67.4 Å². The fourth-order valence-electron chi connectivity index (χ4n) is 1.15. The van der Waals surface area contributed by atoms with Crippen LogP contribution in [0.5, 0.6) is 0 Å². The summed E-state index contributed by atoms with van der Waals surface area (Å²) in [6.45, 7) is 1.53. The Labute approximate surface area is 104 Å². The minimum Gasteiger partial charge on any atom is -0.467 e. The number of halogens is 1. The van der Waals surface area contributed by atoms with Crippen molar-refractivity contribution in [1.29, 1.82) is 0 Å². The number of carbonyl (C=O) groups excluding carboxylic acids is 2. The van der Waals surface area contributed by atoms with Gasteiger partial charge in [0.05, 0.1) is 17.8 Å². The van der Waals surface area contributed by atoms with Crippen molar-refractivity contribution in [3.63, 3.8) is 0 Å². The minimum atomic E-state index is -0.720. The molecule has 0 aromatic heterocycles. The Balaban J connectivity index is 2.56. The van der Waals surface area contributed by atoms with Crippen molar-refractivity contribution in [2.24, 2.45) is 0 Å². The Morgan fingerprint density at radius 3 is 2.59 bits per heavy atom. The van der Waals surface area contributed by atoms with Crippen LogP contribution in [0.15, 0.2) is 24.3 Å². The predicted octanol–water partition coefficient (Wildman–Crippen LogP) is 2.02. The Morgan fingerprint density at radius 1 is 1.35 bits per heavy atom. The molecule has 0 aliphatic rings. The molecule has 1 rings (SSSR count). The first-order chi connectivity index (χ1) is 8.04. The molecule has 0 spiro atoms. The van der Waals surface area contributed by atoms with Crippen molar-refractivity contribution in [1.82, 2.24) is 5.32 Å². The highest BCUT2D eigenvalue weighted by molar-refractivity contribution is 6.33. The zero-order chi connectivity index (χ0) is 12.8. The molecular formula is C11H13ClN2O3. The predicted molar refractivity (Wildman–Crippen MR) is 65.1 cm³/mol. The number of nitrogens with one attached hydrogen (secondary N) is 2. The van der Waals surface area contributed by atoms with Gasteiger partial charge in [0.1, 0.15) is 6.04 Å². The van der Waals surface area contributed by atoms with E-state index in [0.29, 0.717) is 10.7 Å². The SMILES string of the molecule is COC(=O)C(C)NC(=O)Nc1ccccc1Cl. The second-order valence-corrected chi connectivity index (χ2v) is 3.73. The number of hydrogen-bond acceptors (Lipinski definition) is 3. The first kappa shape index (κ1) is 13.3. The molecule has 0 aliphatic carbocycles. The van der Waals surface area contributed by atoms with Gasteiger partial charge in [-0.3, -0.25) is 0 Å². The zero-order valence-electron chi connectivity index (χ0n) is 9.49. The zero-order valence-corrected chi connectivity index (χ0v) is 10.2. The minimum absolute atomic E-state index is 0.424. The average Bonchev–Trinajstić information content (AvgIpc) is 2.31. The van der Waals surface area contributed by atoms with E-state index >= 15 is 0 Å². The Bertz CT molecular complexity index is 423. The van der Waals surface area contributed by atoms with Gasteiger partial charge < -0.3 is 15.4 Å². The van der Waals surface area contributed by atoms with Crippen LogP contribution in [0.2, 0.25) is 5.02 Å². The van der Waals surface area contributed by atoms with Crippen molar-refractivity contribution in [2.45, 2.75) is 13.0 Å². The third kappa shape index (κ3) is 3.96. The van der Waals surface area contributed by atoms with Crippen molar-refractivity contribution in [3.05, 3.63) is 29.3 Å². The number of hydrogen-bond donors (Lipinski definition) is 2. The lowest BCUT2D eigenvalue weighted by Crippen LogP contribution is -2.41. The summed E-state index contributed by atoms with van der Waals surface area (Å²) >= 11 is 5.86. The van der Waals surface area contributed by atoms with E-state index in [4.69, 9.17) is 11.6 Å². The van der Waals surface area contributed by atoms with E-state index in [0.717, 1.165) is 0 Å². The summed E-state index contributed by atoms with van der Waals surface area (Å²) in [6, 6.07) is 5.57. The summed E-state index contributed by atoms with van der Waals surface area (Å²) < 4.78 is 4.48. The molecule has 92 valence electrons. The molecule has 1 aromatic rings. The molecule has 2 N–H and O–H groups in total. The first-order valence-electron chi connectivity index (χ1n) is 4.94. The maximum absolute atomic E-state index is 11.5. The summed E-state index contributed by atoms with van der Waals surface area (Å²) in [5, 5.41) is 5.38. The molecule has 2 amide bonds. The monoisotopic (exact) mass is 256 g/mol.